The zero-order chi connectivity index (χ0) is 13.0. The molecule has 2 aliphatic carbocycles. The molecule has 100 valence electrons. The first-order valence-electron chi connectivity index (χ1n) is 7.02. The minimum absolute atomic E-state index is 0.471. The maximum Gasteiger partial charge on any atom is 0.113 e. The molecule has 4 heteroatoms. The highest BCUT2D eigenvalue weighted by molar-refractivity contribution is 8.00. The molecule has 0 bridgehead atoms. The van der Waals surface area contributed by atoms with E-state index < -0.39 is 0 Å². The van der Waals surface area contributed by atoms with Gasteiger partial charge in [0.15, 0.2) is 0 Å². The number of nitrogen functional groups attached to an aromatic ring is 1. The molecule has 2 aliphatic rings. The lowest BCUT2D eigenvalue weighted by molar-refractivity contribution is 0.641. The van der Waals surface area contributed by atoms with Crippen LogP contribution >= 0.6 is 11.8 Å². The number of hydrogen-bond donors (Lipinski definition) is 1. The molecule has 2 fully saturated rings. The molecule has 2 saturated carbocycles. The lowest BCUT2D eigenvalue weighted by atomic mass is 10.2. The molecule has 4 rings (SSSR count). The number of imidazole rings is 1. The normalized spacial score (nSPS) is 20.9. The van der Waals surface area contributed by atoms with Gasteiger partial charge in [0, 0.05) is 22.9 Å². The molecule has 0 atom stereocenters. The number of nitrogens with zero attached hydrogens (tertiary/aromatic N) is 2. The first kappa shape index (κ1) is 11.6. The highest BCUT2D eigenvalue weighted by Crippen LogP contribution is 2.50. The van der Waals surface area contributed by atoms with Crippen LogP contribution in [-0.2, 0) is 6.54 Å². The van der Waals surface area contributed by atoms with Crippen molar-refractivity contribution in [1.82, 2.24) is 9.55 Å². The van der Waals surface area contributed by atoms with Crippen LogP contribution in [0.15, 0.2) is 18.2 Å². The largest absolute Gasteiger partial charge is 0.399 e. The van der Waals surface area contributed by atoms with E-state index in [0.717, 1.165) is 17.7 Å². The van der Waals surface area contributed by atoms with Crippen molar-refractivity contribution in [2.45, 2.75) is 42.9 Å². The minimum atomic E-state index is 0.471. The van der Waals surface area contributed by atoms with E-state index in [1.807, 2.05) is 23.9 Å². The summed E-state index contributed by atoms with van der Waals surface area (Å²) in [6.07, 6.45) is 7.51. The molecule has 0 saturated heterocycles. The second kappa shape index (κ2) is 3.92. The van der Waals surface area contributed by atoms with E-state index in [0.29, 0.717) is 10.7 Å². The fraction of sp³-hybridized carbons (Fsp3) is 0.533. The zero-order valence-electron chi connectivity index (χ0n) is 11.2. The Morgan fingerprint density at radius 2 is 2.21 bits per heavy atom. The molecule has 0 radical (unpaired) electrons. The number of thioether (sulfide) groups is 1. The number of hydrogen-bond acceptors (Lipinski definition) is 3. The van der Waals surface area contributed by atoms with E-state index in [4.69, 9.17) is 10.7 Å². The summed E-state index contributed by atoms with van der Waals surface area (Å²) in [5.74, 6) is 1.98. The van der Waals surface area contributed by atoms with E-state index in [-0.39, 0.29) is 0 Å². The third kappa shape index (κ3) is 1.93. The summed E-state index contributed by atoms with van der Waals surface area (Å²) >= 11 is 2.02. The maximum absolute atomic E-state index is 5.89. The molecule has 1 aromatic heterocycles. The fourth-order valence-electron chi connectivity index (χ4n) is 2.84. The highest BCUT2D eigenvalue weighted by atomic mass is 32.2. The van der Waals surface area contributed by atoms with Crippen LogP contribution < -0.4 is 5.73 Å². The van der Waals surface area contributed by atoms with Crippen LogP contribution in [0, 0.1) is 0 Å². The lowest BCUT2D eigenvalue weighted by Crippen LogP contribution is -2.15. The Hall–Kier alpha value is -1.16. The number of aromatic nitrogens is 2. The van der Waals surface area contributed by atoms with Crippen LogP contribution in [0.3, 0.4) is 0 Å². The SMILES string of the molecule is CSC1(Cn2c(C3CC3)nc3cc(N)ccc32)CC1. The van der Waals surface area contributed by atoms with Crippen LogP contribution in [0.5, 0.6) is 0 Å². The van der Waals surface area contributed by atoms with Crippen molar-refractivity contribution in [2.75, 3.05) is 12.0 Å². The third-order valence-electron chi connectivity index (χ3n) is 4.43. The molecule has 2 N–H and O–H groups in total. The van der Waals surface area contributed by atoms with Crippen LogP contribution in [0.1, 0.15) is 37.4 Å². The first-order valence-corrected chi connectivity index (χ1v) is 8.24. The molecular formula is C15H19N3S. The van der Waals surface area contributed by atoms with Crippen LogP contribution in [0.25, 0.3) is 11.0 Å². The average molecular weight is 273 g/mol. The molecule has 19 heavy (non-hydrogen) atoms. The van der Waals surface area contributed by atoms with Crippen LogP contribution in [0.4, 0.5) is 5.69 Å². The molecule has 1 aromatic carbocycles. The Morgan fingerprint density at radius 1 is 1.42 bits per heavy atom. The molecule has 0 amide bonds. The number of benzene rings is 1. The Morgan fingerprint density at radius 3 is 2.84 bits per heavy atom. The van der Waals surface area contributed by atoms with Gasteiger partial charge in [-0.3, -0.25) is 0 Å². The molecule has 0 spiro atoms. The predicted molar refractivity (Wildman–Crippen MR) is 81.6 cm³/mol. The predicted octanol–water partition coefficient (Wildman–Crippen LogP) is 3.39. The van der Waals surface area contributed by atoms with Gasteiger partial charge in [0.05, 0.1) is 11.0 Å². The summed E-state index contributed by atoms with van der Waals surface area (Å²) in [5.41, 5.74) is 9.03. The second-order valence-electron chi connectivity index (χ2n) is 5.97. The zero-order valence-corrected chi connectivity index (χ0v) is 12.0. The van der Waals surface area contributed by atoms with Gasteiger partial charge in [-0.2, -0.15) is 11.8 Å². The van der Waals surface area contributed by atoms with Crippen molar-refractivity contribution >= 4 is 28.5 Å². The van der Waals surface area contributed by atoms with Gasteiger partial charge in [-0.05, 0) is 50.1 Å². The fourth-order valence-corrected chi connectivity index (χ4v) is 3.61. The topological polar surface area (TPSA) is 43.8 Å². The standard InChI is InChI=1S/C15H19N3S/c1-19-15(6-7-15)9-18-13-5-4-11(16)8-12(13)17-14(18)10-2-3-10/h4-5,8,10H,2-3,6-7,9,16H2,1H3. The van der Waals surface area contributed by atoms with E-state index in [1.54, 1.807) is 0 Å². The van der Waals surface area contributed by atoms with Crippen molar-refractivity contribution in [3.05, 3.63) is 24.0 Å². The molecular weight excluding hydrogens is 254 g/mol. The van der Waals surface area contributed by atoms with E-state index in [2.05, 4.69) is 16.9 Å². The van der Waals surface area contributed by atoms with Crippen LogP contribution in [0.2, 0.25) is 0 Å². The smallest absolute Gasteiger partial charge is 0.113 e. The van der Waals surface area contributed by atoms with E-state index in [1.165, 1.54) is 37.0 Å². The number of anilines is 1. The first-order chi connectivity index (χ1) is 9.21. The second-order valence-corrected chi connectivity index (χ2v) is 7.24. The summed E-state index contributed by atoms with van der Waals surface area (Å²) in [4.78, 5) is 4.86. The van der Waals surface area contributed by atoms with Crippen LogP contribution in [-0.4, -0.2) is 20.6 Å². The summed E-state index contributed by atoms with van der Waals surface area (Å²) in [6, 6.07) is 6.15. The summed E-state index contributed by atoms with van der Waals surface area (Å²) in [6.45, 7) is 1.11. The van der Waals surface area contributed by atoms with Gasteiger partial charge in [0.2, 0.25) is 0 Å². The van der Waals surface area contributed by atoms with Crippen molar-refractivity contribution in [1.29, 1.82) is 0 Å². The third-order valence-corrected chi connectivity index (χ3v) is 5.83. The molecule has 1 heterocycles. The molecule has 3 nitrogen and oxygen atoms in total. The van der Waals surface area contributed by atoms with Crippen molar-refractivity contribution in [3.8, 4) is 0 Å². The Labute approximate surface area is 117 Å². The number of nitrogens with two attached hydrogens (primary N) is 1. The van der Waals surface area contributed by atoms with Crippen molar-refractivity contribution < 1.29 is 0 Å². The summed E-state index contributed by atoms with van der Waals surface area (Å²) < 4.78 is 2.94. The maximum atomic E-state index is 5.89. The van der Waals surface area contributed by atoms with Crippen molar-refractivity contribution in [3.63, 3.8) is 0 Å². The summed E-state index contributed by atoms with van der Waals surface area (Å²) in [7, 11) is 0. The molecule has 2 aromatic rings. The van der Waals surface area contributed by atoms with E-state index in [9.17, 15) is 0 Å². The van der Waals surface area contributed by atoms with Gasteiger partial charge in [-0.15, -0.1) is 0 Å². The lowest BCUT2D eigenvalue weighted by Gasteiger charge is -2.16. The van der Waals surface area contributed by atoms with Gasteiger partial charge >= 0.3 is 0 Å². The highest BCUT2D eigenvalue weighted by Gasteiger charge is 2.43. The molecule has 0 aliphatic heterocycles. The van der Waals surface area contributed by atoms with Gasteiger partial charge in [0.25, 0.3) is 0 Å². The van der Waals surface area contributed by atoms with Gasteiger partial charge in [0.1, 0.15) is 5.82 Å². The number of rotatable bonds is 4. The minimum Gasteiger partial charge on any atom is -0.399 e. The van der Waals surface area contributed by atoms with E-state index >= 15 is 0 Å². The monoisotopic (exact) mass is 273 g/mol. The van der Waals surface area contributed by atoms with Gasteiger partial charge < -0.3 is 10.3 Å². The average Bonchev–Trinajstić information content (AvgIpc) is 3.30. The van der Waals surface area contributed by atoms with Gasteiger partial charge in [-0.1, -0.05) is 0 Å². The number of fused-ring (bicyclic) bond motifs is 1. The molecule has 0 unspecified atom stereocenters. The van der Waals surface area contributed by atoms with Crippen molar-refractivity contribution in [2.24, 2.45) is 0 Å². The summed E-state index contributed by atoms with van der Waals surface area (Å²) in [5, 5.41) is 0. The van der Waals surface area contributed by atoms with Gasteiger partial charge in [-0.25, -0.2) is 4.98 Å². The Kier molecular flexibility index (Phi) is 2.40. The quantitative estimate of drug-likeness (QED) is 0.868. The Balaban J connectivity index is 1.83. The Bertz CT molecular complexity index is 638.